The number of halogens is 6. The molecule has 0 saturated heterocycles. The van der Waals surface area contributed by atoms with Crippen LogP contribution in [0.1, 0.15) is 29.5 Å². The molecular weight excluding hydrogens is 550 g/mol. The van der Waals surface area contributed by atoms with E-state index in [9.17, 15) is 22.4 Å². The summed E-state index contributed by atoms with van der Waals surface area (Å²) >= 11 is 6.58. The lowest BCUT2D eigenvalue weighted by Crippen LogP contribution is -2.17. The summed E-state index contributed by atoms with van der Waals surface area (Å²) in [6, 6.07) is 6.78. The van der Waals surface area contributed by atoms with Crippen molar-refractivity contribution in [2.45, 2.75) is 38.2 Å². The van der Waals surface area contributed by atoms with E-state index in [0.717, 1.165) is 25.0 Å². The highest BCUT2D eigenvalue weighted by Gasteiger charge is 2.31. The molecule has 168 valence electrons. The van der Waals surface area contributed by atoms with Gasteiger partial charge >= 0.3 is 12.1 Å². The number of benzene rings is 2. The molecule has 4 nitrogen and oxygen atoms in total. The van der Waals surface area contributed by atoms with Crippen LogP contribution < -0.4 is 10.1 Å². The summed E-state index contributed by atoms with van der Waals surface area (Å²) < 4.78 is 59.9. The topological polar surface area (TPSA) is 58.6 Å². The molecule has 0 heterocycles. The highest BCUT2D eigenvalue weighted by atomic mass is 79.9. The first-order valence-corrected chi connectivity index (χ1v) is 11.0. The molecular formula is C21H19Br2F4NO3. The predicted octanol–water partition coefficient (Wildman–Crippen LogP) is 6.60. The first-order chi connectivity index (χ1) is 14.5. The van der Waals surface area contributed by atoms with Crippen LogP contribution >= 0.6 is 31.9 Å². The van der Waals surface area contributed by atoms with E-state index < -0.39 is 23.9 Å². The number of rotatable bonds is 9. The molecule has 31 heavy (non-hydrogen) atoms. The molecule has 1 fully saturated rings. The fraction of sp³-hybridized carbons (Fsp3) is 0.381. The molecule has 0 amide bonds. The molecule has 0 aromatic heterocycles. The second-order valence-electron chi connectivity index (χ2n) is 7.43. The summed E-state index contributed by atoms with van der Waals surface area (Å²) in [4.78, 5) is 10.7. The Morgan fingerprint density at radius 1 is 1.13 bits per heavy atom. The minimum absolute atomic E-state index is 0.126. The molecule has 2 aromatic rings. The van der Waals surface area contributed by atoms with Gasteiger partial charge in [-0.1, -0.05) is 0 Å². The van der Waals surface area contributed by atoms with Gasteiger partial charge in [-0.05, 0) is 92.1 Å². The third kappa shape index (κ3) is 6.83. The van der Waals surface area contributed by atoms with E-state index in [1.807, 2.05) is 0 Å². The van der Waals surface area contributed by atoms with Crippen LogP contribution in [0.3, 0.4) is 0 Å². The van der Waals surface area contributed by atoms with Gasteiger partial charge in [-0.25, -0.2) is 9.18 Å². The van der Waals surface area contributed by atoms with Crippen LogP contribution in [0.5, 0.6) is 5.75 Å². The van der Waals surface area contributed by atoms with Crippen LogP contribution in [0.15, 0.2) is 39.3 Å². The number of carboxylic acid groups (broad SMARTS) is 1. The second kappa shape index (κ2) is 9.77. The van der Waals surface area contributed by atoms with Gasteiger partial charge in [0.2, 0.25) is 6.17 Å². The van der Waals surface area contributed by atoms with Crippen molar-refractivity contribution in [3.05, 3.63) is 56.0 Å². The molecule has 1 atom stereocenters. The fourth-order valence-corrected chi connectivity index (χ4v) is 4.45. The quantitative estimate of drug-likeness (QED) is 0.335. The number of anilines is 1. The van der Waals surface area contributed by atoms with E-state index in [4.69, 9.17) is 9.84 Å². The van der Waals surface area contributed by atoms with Crippen LogP contribution in [0.25, 0.3) is 0 Å². The van der Waals surface area contributed by atoms with Gasteiger partial charge in [0.15, 0.2) is 0 Å². The lowest BCUT2D eigenvalue weighted by molar-refractivity contribution is -0.142. The summed E-state index contributed by atoms with van der Waals surface area (Å²) in [5.41, 5.74) is 0.386. The van der Waals surface area contributed by atoms with Crippen LogP contribution in [0.4, 0.5) is 23.2 Å². The Labute approximate surface area is 193 Å². The summed E-state index contributed by atoms with van der Waals surface area (Å²) in [5, 5.41) is 11.8. The van der Waals surface area contributed by atoms with Crippen LogP contribution in [0, 0.1) is 5.92 Å². The first-order valence-electron chi connectivity index (χ1n) is 9.45. The van der Waals surface area contributed by atoms with Gasteiger partial charge in [0.05, 0.1) is 14.5 Å². The highest BCUT2D eigenvalue weighted by molar-refractivity contribution is 9.11. The zero-order valence-corrected chi connectivity index (χ0v) is 19.3. The summed E-state index contributed by atoms with van der Waals surface area (Å²) in [6.45, 7) is 0.505. The van der Waals surface area contributed by atoms with Gasteiger partial charge in [-0.2, -0.15) is 13.2 Å². The predicted molar refractivity (Wildman–Crippen MR) is 115 cm³/mol. The van der Waals surface area contributed by atoms with Crippen molar-refractivity contribution in [2.75, 3.05) is 11.9 Å². The summed E-state index contributed by atoms with van der Waals surface area (Å²) in [5.74, 6) is -0.729. The van der Waals surface area contributed by atoms with Gasteiger partial charge < -0.3 is 15.2 Å². The normalized spacial score (nSPS) is 14.9. The van der Waals surface area contributed by atoms with Crippen LogP contribution in [-0.2, 0) is 24.0 Å². The van der Waals surface area contributed by atoms with E-state index >= 15 is 0 Å². The molecule has 0 aliphatic heterocycles. The molecule has 1 aliphatic rings. The van der Waals surface area contributed by atoms with Crippen molar-refractivity contribution in [1.29, 1.82) is 0 Å². The average molecular weight is 569 g/mol. The molecule has 2 N–H and O–H groups in total. The van der Waals surface area contributed by atoms with E-state index in [2.05, 4.69) is 37.2 Å². The molecule has 0 bridgehead atoms. The molecule has 10 heteroatoms. The van der Waals surface area contributed by atoms with Gasteiger partial charge in [-0.15, -0.1) is 0 Å². The Hall–Kier alpha value is -1.81. The van der Waals surface area contributed by atoms with Crippen molar-refractivity contribution < 1.29 is 32.2 Å². The van der Waals surface area contributed by atoms with Crippen LogP contribution in [-0.4, -0.2) is 23.8 Å². The number of carbonyl (C=O) groups is 1. The number of ether oxygens (including phenoxy) is 1. The lowest BCUT2D eigenvalue weighted by Gasteiger charge is -2.16. The number of alkyl halides is 4. The maximum absolute atomic E-state index is 13.5. The number of hydrogen-bond acceptors (Lipinski definition) is 3. The Kier molecular flexibility index (Phi) is 7.51. The van der Waals surface area contributed by atoms with Crippen molar-refractivity contribution >= 4 is 43.5 Å². The summed E-state index contributed by atoms with van der Waals surface area (Å²) in [6.07, 6.45) is -4.69. The SMILES string of the molecule is O=C(O)C(F)Cc1cc(Br)c(OCc2cc(NCC3CC3)cc(C(F)(F)F)c2)c(Br)c1. The maximum Gasteiger partial charge on any atom is 0.416 e. The molecule has 1 unspecified atom stereocenters. The highest BCUT2D eigenvalue weighted by Crippen LogP contribution is 2.37. The third-order valence-corrected chi connectivity index (χ3v) is 5.91. The number of carboxylic acids is 1. The molecule has 0 spiro atoms. The molecule has 0 radical (unpaired) electrons. The van der Waals surface area contributed by atoms with E-state index in [1.54, 1.807) is 6.07 Å². The Morgan fingerprint density at radius 3 is 2.32 bits per heavy atom. The van der Waals surface area contributed by atoms with Crippen LogP contribution in [0.2, 0.25) is 0 Å². The fourth-order valence-electron chi connectivity index (χ4n) is 2.94. The lowest BCUT2D eigenvalue weighted by atomic mass is 10.1. The van der Waals surface area contributed by atoms with E-state index in [1.165, 1.54) is 12.1 Å². The minimum Gasteiger partial charge on any atom is -0.487 e. The number of nitrogens with one attached hydrogen (secondary N) is 1. The first kappa shape index (κ1) is 23.8. The van der Waals surface area contributed by atoms with E-state index in [-0.39, 0.29) is 13.0 Å². The van der Waals surface area contributed by atoms with Crippen molar-refractivity contribution in [3.63, 3.8) is 0 Å². The zero-order chi connectivity index (χ0) is 22.8. The molecule has 2 aromatic carbocycles. The van der Waals surface area contributed by atoms with Crippen molar-refractivity contribution in [1.82, 2.24) is 0 Å². The average Bonchev–Trinajstić information content (AvgIpc) is 3.49. The largest absolute Gasteiger partial charge is 0.487 e. The Balaban J connectivity index is 1.76. The zero-order valence-electron chi connectivity index (χ0n) is 16.1. The second-order valence-corrected chi connectivity index (χ2v) is 9.14. The van der Waals surface area contributed by atoms with E-state index in [0.29, 0.717) is 44.0 Å². The number of aliphatic carboxylic acids is 1. The molecule has 1 aliphatic carbocycles. The van der Waals surface area contributed by atoms with Gasteiger partial charge in [0, 0.05) is 18.7 Å². The Morgan fingerprint density at radius 2 is 1.77 bits per heavy atom. The smallest absolute Gasteiger partial charge is 0.416 e. The third-order valence-electron chi connectivity index (χ3n) is 4.74. The number of hydrogen-bond donors (Lipinski definition) is 2. The monoisotopic (exact) mass is 567 g/mol. The molecule has 1 saturated carbocycles. The summed E-state index contributed by atoms with van der Waals surface area (Å²) in [7, 11) is 0. The standard InChI is InChI=1S/C21H19Br2F4NO3/c22-16-5-12(7-18(24)20(29)30)6-17(23)19(16)31-10-13-3-14(21(25,26)27)8-15(4-13)28-9-11-1-2-11/h3-6,8,11,18,28H,1-2,7,9-10H2,(H,29,30). The van der Waals surface area contributed by atoms with Crippen molar-refractivity contribution in [3.8, 4) is 5.75 Å². The Bertz CT molecular complexity index is 941. The van der Waals surface area contributed by atoms with Gasteiger partial charge in [-0.3, -0.25) is 0 Å². The van der Waals surface area contributed by atoms with Crippen molar-refractivity contribution in [2.24, 2.45) is 5.92 Å². The minimum atomic E-state index is -4.48. The maximum atomic E-state index is 13.5. The van der Waals surface area contributed by atoms with Gasteiger partial charge in [0.1, 0.15) is 12.4 Å². The van der Waals surface area contributed by atoms with Gasteiger partial charge in [0.25, 0.3) is 0 Å². The molecule has 3 rings (SSSR count).